The molecule has 112 valence electrons. The van der Waals surface area contributed by atoms with E-state index < -0.39 is 0 Å². The van der Waals surface area contributed by atoms with Crippen molar-refractivity contribution < 1.29 is 9.59 Å². The number of hydrogen-bond donors (Lipinski definition) is 0. The average Bonchev–Trinajstić information content (AvgIpc) is 2.94. The highest BCUT2D eigenvalue weighted by atomic mass is 16.2. The molecule has 21 heavy (non-hydrogen) atoms. The van der Waals surface area contributed by atoms with Crippen molar-refractivity contribution in [2.24, 2.45) is 0 Å². The van der Waals surface area contributed by atoms with E-state index in [9.17, 15) is 9.59 Å². The maximum atomic E-state index is 12.4. The molecule has 4 heteroatoms. The molecule has 2 saturated heterocycles. The van der Waals surface area contributed by atoms with E-state index in [1.807, 2.05) is 41.0 Å². The summed E-state index contributed by atoms with van der Waals surface area (Å²) in [5, 5.41) is 0. The fourth-order valence-corrected chi connectivity index (χ4v) is 3.31. The molecule has 3 rings (SSSR count). The second-order valence-corrected chi connectivity index (χ2v) is 6.08. The minimum atomic E-state index is 0.112. The van der Waals surface area contributed by atoms with Crippen LogP contribution in [0.3, 0.4) is 0 Å². The van der Waals surface area contributed by atoms with Crippen molar-refractivity contribution in [1.82, 2.24) is 9.80 Å². The van der Waals surface area contributed by atoms with Gasteiger partial charge in [0.2, 0.25) is 5.91 Å². The highest BCUT2D eigenvalue weighted by Crippen LogP contribution is 2.23. The first-order chi connectivity index (χ1) is 10.1. The fourth-order valence-electron chi connectivity index (χ4n) is 3.31. The minimum absolute atomic E-state index is 0.112. The second kappa shape index (κ2) is 5.88. The maximum Gasteiger partial charge on any atom is 0.253 e. The number of hydrogen-bond acceptors (Lipinski definition) is 2. The summed E-state index contributed by atoms with van der Waals surface area (Å²) in [6, 6.07) is 8.08. The van der Waals surface area contributed by atoms with Crippen LogP contribution in [0.4, 0.5) is 0 Å². The molecule has 0 radical (unpaired) electrons. The number of benzene rings is 1. The van der Waals surface area contributed by atoms with Gasteiger partial charge in [-0.25, -0.2) is 0 Å². The zero-order valence-corrected chi connectivity index (χ0v) is 12.5. The minimum Gasteiger partial charge on any atom is -0.340 e. The van der Waals surface area contributed by atoms with Gasteiger partial charge in [-0.15, -0.1) is 0 Å². The van der Waals surface area contributed by atoms with Crippen molar-refractivity contribution in [3.8, 4) is 0 Å². The van der Waals surface area contributed by atoms with E-state index >= 15 is 0 Å². The molecular formula is C17H22N2O2. The predicted octanol–water partition coefficient (Wildman–Crippen LogP) is 2.22. The van der Waals surface area contributed by atoms with Crippen LogP contribution in [0.1, 0.15) is 41.6 Å². The van der Waals surface area contributed by atoms with Gasteiger partial charge in [0.25, 0.3) is 5.91 Å². The van der Waals surface area contributed by atoms with Gasteiger partial charge in [0.1, 0.15) is 0 Å². The monoisotopic (exact) mass is 286 g/mol. The highest BCUT2D eigenvalue weighted by molar-refractivity contribution is 5.94. The summed E-state index contributed by atoms with van der Waals surface area (Å²) in [5.41, 5.74) is 1.93. The lowest BCUT2D eigenvalue weighted by Crippen LogP contribution is -2.47. The summed E-state index contributed by atoms with van der Waals surface area (Å²) in [7, 11) is 0. The molecule has 0 unspecified atom stereocenters. The quantitative estimate of drug-likeness (QED) is 0.836. The topological polar surface area (TPSA) is 40.6 Å². The van der Waals surface area contributed by atoms with Crippen molar-refractivity contribution in [2.45, 2.75) is 38.6 Å². The summed E-state index contributed by atoms with van der Waals surface area (Å²) >= 11 is 0. The summed E-state index contributed by atoms with van der Waals surface area (Å²) in [6.07, 6.45) is 3.50. The third-order valence-electron chi connectivity index (χ3n) is 4.60. The zero-order chi connectivity index (χ0) is 14.8. The largest absolute Gasteiger partial charge is 0.340 e. The highest BCUT2D eigenvalue weighted by Gasteiger charge is 2.31. The molecule has 2 amide bonds. The molecule has 0 N–H and O–H groups in total. The Morgan fingerprint density at radius 1 is 1.10 bits per heavy atom. The number of likely N-dealkylation sites (tertiary alicyclic amines) is 2. The first kappa shape index (κ1) is 14.1. The number of amides is 2. The maximum absolute atomic E-state index is 12.4. The first-order valence-electron chi connectivity index (χ1n) is 7.80. The predicted molar refractivity (Wildman–Crippen MR) is 81.1 cm³/mol. The number of aryl methyl sites for hydroxylation is 1. The molecule has 0 bridgehead atoms. The normalized spacial score (nSPS) is 20.1. The lowest BCUT2D eigenvalue weighted by Gasteiger charge is -2.36. The van der Waals surface area contributed by atoms with Crippen LogP contribution in [-0.4, -0.2) is 47.3 Å². The van der Waals surface area contributed by atoms with E-state index in [1.165, 1.54) is 0 Å². The number of piperidine rings is 1. The van der Waals surface area contributed by atoms with E-state index in [2.05, 4.69) is 0 Å². The lowest BCUT2D eigenvalue weighted by molar-refractivity contribution is -0.130. The molecule has 0 saturated carbocycles. The van der Waals surface area contributed by atoms with Crippen molar-refractivity contribution in [2.75, 3.05) is 19.6 Å². The Balaban J connectivity index is 1.59. The second-order valence-electron chi connectivity index (χ2n) is 6.08. The number of nitrogens with zero attached hydrogens (tertiary/aromatic N) is 2. The van der Waals surface area contributed by atoms with Gasteiger partial charge in [-0.05, 0) is 38.3 Å². The first-order valence-corrected chi connectivity index (χ1v) is 7.80. The SMILES string of the molecule is Cc1ccc(C(=O)N2CCC(N3CCCC3=O)CC2)cc1. The van der Waals surface area contributed by atoms with Crippen LogP contribution >= 0.6 is 0 Å². The van der Waals surface area contributed by atoms with Crippen LogP contribution in [0, 0.1) is 6.92 Å². The Kier molecular flexibility index (Phi) is 3.95. The van der Waals surface area contributed by atoms with E-state index in [0.717, 1.165) is 50.0 Å². The fraction of sp³-hybridized carbons (Fsp3) is 0.529. The van der Waals surface area contributed by atoms with Crippen molar-refractivity contribution in [3.63, 3.8) is 0 Å². The molecule has 2 aliphatic heterocycles. The Morgan fingerprint density at radius 3 is 2.33 bits per heavy atom. The Bertz CT molecular complexity index is 530. The molecule has 0 atom stereocenters. The lowest BCUT2D eigenvalue weighted by atomic mass is 10.0. The van der Waals surface area contributed by atoms with Crippen LogP contribution in [0.5, 0.6) is 0 Å². The van der Waals surface area contributed by atoms with Crippen molar-refractivity contribution in [1.29, 1.82) is 0 Å². The van der Waals surface area contributed by atoms with Crippen LogP contribution < -0.4 is 0 Å². The number of carbonyl (C=O) groups is 2. The molecule has 4 nitrogen and oxygen atoms in total. The molecule has 1 aromatic carbocycles. The van der Waals surface area contributed by atoms with E-state index in [4.69, 9.17) is 0 Å². The Labute approximate surface area is 125 Å². The average molecular weight is 286 g/mol. The molecule has 1 aromatic rings. The van der Waals surface area contributed by atoms with Gasteiger partial charge in [-0.1, -0.05) is 17.7 Å². The Hall–Kier alpha value is -1.84. The van der Waals surface area contributed by atoms with Crippen LogP contribution in [0.25, 0.3) is 0 Å². The van der Waals surface area contributed by atoms with Gasteiger partial charge < -0.3 is 9.80 Å². The van der Waals surface area contributed by atoms with Crippen LogP contribution in [0.2, 0.25) is 0 Å². The molecule has 2 fully saturated rings. The van der Waals surface area contributed by atoms with E-state index in [-0.39, 0.29) is 5.91 Å². The van der Waals surface area contributed by atoms with Gasteiger partial charge in [0.15, 0.2) is 0 Å². The Morgan fingerprint density at radius 2 is 1.76 bits per heavy atom. The summed E-state index contributed by atoms with van der Waals surface area (Å²) in [4.78, 5) is 28.2. The molecule has 0 aromatic heterocycles. The summed E-state index contributed by atoms with van der Waals surface area (Å²) in [5.74, 6) is 0.402. The van der Waals surface area contributed by atoms with E-state index in [1.54, 1.807) is 0 Å². The molecule has 0 aliphatic carbocycles. The third kappa shape index (κ3) is 2.94. The molecule has 2 heterocycles. The van der Waals surface area contributed by atoms with Gasteiger partial charge in [-0.3, -0.25) is 9.59 Å². The molecular weight excluding hydrogens is 264 g/mol. The zero-order valence-electron chi connectivity index (χ0n) is 12.5. The van der Waals surface area contributed by atoms with Gasteiger partial charge in [0, 0.05) is 37.7 Å². The van der Waals surface area contributed by atoms with Gasteiger partial charge in [-0.2, -0.15) is 0 Å². The van der Waals surface area contributed by atoms with Crippen LogP contribution in [0.15, 0.2) is 24.3 Å². The van der Waals surface area contributed by atoms with Gasteiger partial charge >= 0.3 is 0 Å². The summed E-state index contributed by atoms with van der Waals surface area (Å²) < 4.78 is 0. The van der Waals surface area contributed by atoms with Crippen molar-refractivity contribution in [3.05, 3.63) is 35.4 Å². The third-order valence-corrected chi connectivity index (χ3v) is 4.60. The van der Waals surface area contributed by atoms with Crippen molar-refractivity contribution >= 4 is 11.8 Å². The molecule has 2 aliphatic rings. The number of rotatable bonds is 2. The van der Waals surface area contributed by atoms with E-state index in [0.29, 0.717) is 18.4 Å². The standard InChI is InChI=1S/C17H22N2O2/c1-13-4-6-14(7-5-13)17(21)18-11-8-15(9-12-18)19-10-2-3-16(19)20/h4-7,15H,2-3,8-12H2,1H3. The number of carbonyl (C=O) groups excluding carboxylic acids is 2. The van der Waals surface area contributed by atoms with Crippen LogP contribution in [-0.2, 0) is 4.79 Å². The summed E-state index contributed by atoms with van der Waals surface area (Å²) in [6.45, 7) is 4.42. The smallest absolute Gasteiger partial charge is 0.253 e. The van der Waals surface area contributed by atoms with Gasteiger partial charge in [0.05, 0.1) is 0 Å². The molecule has 0 spiro atoms.